The molecule has 4 heteroatoms. The molecule has 0 aliphatic carbocycles. The highest BCUT2D eigenvalue weighted by Gasteiger charge is 2.02. The van der Waals surface area contributed by atoms with E-state index in [0.29, 0.717) is 12.1 Å². The van der Waals surface area contributed by atoms with Crippen molar-refractivity contribution < 1.29 is 0 Å². The maximum absolute atomic E-state index is 8.81. The number of nitrogens with one attached hydrogen (secondary N) is 2. The van der Waals surface area contributed by atoms with Crippen molar-refractivity contribution in [3.8, 4) is 6.07 Å². The molecule has 118 valence electrons. The van der Waals surface area contributed by atoms with Crippen molar-refractivity contribution in [2.75, 3.05) is 7.05 Å². The van der Waals surface area contributed by atoms with Crippen LogP contribution in [0.1, 0.15) is 29.2 Å². The van der Waals surface area contributed by atoms with Crippen molar-refractivity contribution >= 4 is 5.96 Å². The van der Waals surface area contributed by atoms with Crippen LogP contribution in [0, 0.1) is 11.3 Å². The molecule has 0 heterocycles. The normalized spacial score (nSPS) is 10.9. The van der Waals surface area contributed by atoms with Gasteiger partial charge in [0, 0.05) is 20.1 Å². The minimum atomic E-state index is 0.667. The lowest BCUT2D eigenvalue weighted by molar-refractivity contribution is 0.803. The molecule has 0 aliphatic rings. The Kier molecular flexibility index (Phi) is 6.19. The molecular weight excluding hydrogens is 284 g/mol. The molecule has 0 amide bonds. The fourth-order valence-electron chi connectivity index (χ4n) is 2.36. The largest absolute Gasteiger partial charge is 0.352 e. The Balaban J connectivity index is 1.89. The van der Waals surface area contributed by atoms with Gasteiger partial charge in [0.05, 0.1) is 11.6 Å². The predicted molar refractivity (Wildman–Crippen MR) is 94.0 cm³/mol. The van der Waals surface area contributed by atoms with Crippen LogP contribution in [-0.2, 0) is 19.5 Å². The standard InChI is InChI=1S/C19H22N4/c1-3-17-6-4-5-7-18(17)14-23-19(21-2)22-13-16-10-8-15(12-20)9-11-16/h4-11H,3,13-14H2,1-2H3,(H2,21,22,23). The summed E-state index contributed by atoms with van der Waals surface area (Å²) in [5.41, 5.74) is 4.42. The first-order chi connectivity index (χ1) is 11.3. The maximum atomic E-state index is 8.81. The van der Waals surface area contributed by atoms with Gasteiger partial charge in [0.1, 0.15) is 0 Å². The Labute approximate surface area is 137 Å². The van der Waals surface area contributed by atoms with Gasteiger partial charge >= 0.3 is 0 Å². The molecule has 4 nitrogen and oxygen atoms in total. The summed E-state index contributed by atoms with van der Waals surface area (Å²) < 4.78 is 0. The van der Waals surface area contributed by atoms with E-state index in [0.717, 1.165) is 24.5 Å². The summed E-state index contributed by atoms with van der Waals surface area (Å²) in [6.45, 7) is 3.58. The first-order valence-electron chi connectivity index (χ1n) is 7.77. The summed E-state index contributed by atoms with van der Waals surface area (Å²) >= 11 is 0. The molecule has 0 aliphatic heterocycles. The third-order valence-corrected chi connectivity index (χ3v) is 3.71. The summed E-state index contributed by atoms with van der Waals surface area (Å²) in [7, 11) is 1.76. The summed E-state index contributed by atoms with van der Waals surface area (Å²) in [6.07, 6.45) is 1.02. The van der Waals surface area contributed by atoms with E-state index in [2.05, 4.69) is 52.9 Å². The molecule has 0 bridgehead atoms. The zero-order chi connectivity index (χ0) is 16.5. The average molecular weight is 306 g/mol. The summed E-state index contributed by atoms with van der Waals surface area (Å²) in [5, 5.41) is 15.4. The van der Waals surface area contributed by atoms with Gasteiger partial charge in [-0.1, -0.05) is 43.3 Å². The number of rotatable bonds is 5. The second-order valence-electron chi connectivity index (χ2n) is 5.21. The van der Waals surface area contributed by atoms with Gasteiger partial charge in [-0.05, 0) is 35.2 Å². The molecule has 2 N–H and O–H groups in total. The van der Waals surface area contributed by atoms with Gasteiger partial charge in [0.2, 0.25) is 0 Å². The number of aliphatic imine (C=N–C) groups is 1. The Morgan fingerprint density at radius 3 is 2.26 bits per heavy atom. The highest BCUT2D eigenvalue weighted by Crippen LogP contribution is 2.09. The van der Waals surface area contributed by atoms with Crippen LogP contribution in [0.3, 0.4) is 0 Å². The van der Waals surface area contributed by atoms with Gasteiger partial charge in [0.15, 0.2) is 5.96 Å². The van der Waals surface area contributed by atoms with E-state index >= 15 is 0 Å². The lowest BCUT2D eigenvalue weighted by atomic mass is 10.1. The van der Waals surface area contributed by atoms with Gasteiger partial charge < -0.3 is 10.6 Å². The first kappa shape index (κ1) is 16.6. The van der Waals surface area contributed by atoms with E-state index in [1.54, 1.807) is 7.05 Å². The molecule has 2 aromatic carbocycles. The van der Waals surface area contributed by atoms with Gasteiger partial charge in [-0.3, -0.25) is 4.99 Å². The van der Waals surface area contributed by atoms with Crippen molar-refractivity contribution in [1.82, 2.24) is 10.6 Å². The zero-order valence-electron chi connectivity index (χ0n) is 13.6. The van der Waals surface area contributed by atoms with Crippen molar-refractivity contribution in [3.63, 3.8) is 0 Å². The molecule has 0 radical (unpaired) electrons. The van der Waals surface area contributed by atoms with E-state index in [9.17, 15) is 0 Å². The van der Waals surface area contributed by atoms with Crippen molar-refractivity contribution in [1.29, 1.82) is 5.26 Å². The molecule has 0 atom stereocenters. The van der Waals surface area contributed by atoms with Crippen LogP contribution in [0.2, 0.25) is 0 Å². The van der Waals surface area contributed by atoms with Gasteiger partial charge in [0.25, 0.3) is 0 Å². The number of guanidine groups is 1. The van der Waals surface area contributed by atoms with Gasteiger partial charge in [-0.25, -0.2) is 0 Å². The molecular formula is C19H22N4. The average Bonchev–Trinajstić information content (AvgIpc) is 2.62. The Morgan fingerprint density at radius 2 is 1.65 bits per heavy atom. The number of hydrogen-bond acceptors (Lipinski definition) is 2. The molecule has 2 rings (SSSR count). The summed E-state index contributed by atoms with van der Waals surface area (Å²) in [4.78, 5) is 4.25. The minimum absolute atomic E-state index is 0.667. The van der Waals surface area contributed by atoms with Crippen LogP contribution in [0.25, 0.3) is 0 Å². The van der Waals surface area contributed by atoms with Crippen LogP contribution >= 0.6 is 0 Å². The molecule has 0 aromatic heterocycles. The smallest absolute Gasteiger partial charge is 0.191 e. The zero-order valence-corrected chi connectivity index (χ0v) is 13.6. The van der Waals surface area contributed by atoms with E-state index in [1.165, 1.54) is 11.1 Å². The summed E-state index contributed by atoms with van der Waals surface area (Å²) in [5.74, 6) is 0.764. The number of nitrogens with zero attached hydrogens (tertiary/aromatic N) is 2. The van der Waals surface area contributed by atoms with E-state index in [1.807, 2.05) is 24.3 Å². The number of aryl methyl sites for hydroxylation is 1. The molecule has 0 spiro atoms. The molecule has 0 saturated heterocycles. The monoisotopic (exact) mass is 306 g/mol. The topological polar surface area (TPSA) is 60.2 Å². The van der Waals surface area contributed by atoms with Crippen molar-refractivity contribution in [3.05, 3.63) is 70.8 Å². The Bertz CT molecular complexity index is 696. The van der Waals surface area contributed by atoms with Crippen LogP contribution < -0.4 is 10.6 Å². The van der Waals surface area contributed by atoms with Gasteiger partial charge in [-0.15, -0.1) is 0 Å². The molecule has 23 heavy (non-hydrogen) atoms. The fourth-order valence-corrected chi connectivity index (χ4v) is 2.36. The SMILES string of the molecule is CCc1ccccc1CNC(=NC)NCc1ccc(C#N)cc1. The Hall–Kier alpha value is -2.80. The number of benzene rings is 2. The number of hydrogen-bond donors (Lipinski definition) is 2. The molecule has 0 fully saturated rings. The van der Waals surface area contributed by atoms with Crippen molar-refractivity contribution in [2.24, 2.45) is 4.99 Å². The minimum Gasteiger partial charge on any atom is -0.352 e. The number of nitriles is 1. The highest BCUT2D eigenvalue weighted by molar-refractivity contribution is 5.79. The van der Waals surface area contributed by atoms with Crippen LogP contribution in [0.5, 0.6) is 0 Å². The molecule has 0 saturated carbocycles. The summed E-state index contributed by atoms with van der Waals surface area (Å²) in [6, 6.07) is 18.1. The quantitative estimate of drug-likeness (QED) is 0.659. The van der Waals surface area contributed by atoms with Crippen LogP contribution in [-0.4, -0.2) is 13.0 Å². The predicted octanol–water partition coefficient (Wildman–Crippen LogP) is 2.99. The molecule has 0 unspecified atom stereocenters. The first-order valence-corrected chi connectivity index (χ1v) is 7.77. The van der Waals surface area contributed by atoms with Crippen LogP contribution in [0.4, 0.5) is 0 Å². The van der Waals surface area contributed by atoms with E-state index in [4.69, 9.17) is 5.26 Å². The van der Waals surface area contributed by atoms with Gasteiger partial charge in [-0.2, -0.15) is 5.26 Å². The van der Waals surface area contributed by atoms with E-state index < -0.39 is 0 Å². The second-order valence-corrected chi connectivity index (χ2v) is 5.21. The third kappa shape index (κ3) is 4.86. The molecule has 2 aromatic rings. The van der Waals surface area contributed by atoms with Crippen LogP contribution in [0.15, 0.2) is 53.5 Å². The Morgan fingerprint density at radius 1 is 1.00 bits per heavy atom. The third-order valence-electron chi connectivity index (χ3n) is 3.71. The fraction of sp³-hybridized carbons (Fsp3) is 0.263. The second kappa shape index (κ2) is 8.60. The lowest BCUT2D eigenvalue weighted by Gasteiger charge is -2.14. The van der Waals surface area contributed by atoms with E-state index in [-0.39, 0.29) is 0 Å². The highest BCUT2D eigenvalue weighted by atomic mass is 15.2. The lowest BCUT2D eigenvalue weighted by Crippen LogP contribution is -2.36. The maximum Gasteiger partial charge on any atom is 0.191 e. The van der Waals surface area contributed by atoms with Crippen molar-refractivity contribution in [2.45, 2.75) is 26.4 Å².